The summed E-state index contributed by atoms with van der Waals surface area (Å²) >= 11 is 6.32. The summed E-state index contributed by atoms with van der Waals surface area (Å²) in [5, 5.41) is 18.1. The van der Waals surface area contributed by atoms with Crippen LogP contribution in [-0.2, 0) is 4.74 Å². The Hall–Kier alpha value is -1.79. The maximum Gasteiger partial charge on any atom is 0.205 e. The Morgan fingerprint density at radius 1 is 1.25 bits per heavy atom. The first-order valence-corrected chi connectivity index (χ1v) is 7.22. The molecule has 0 saturated carbocycles. The summed E-state index contributed by atoms with van der Waals surface area (Å²) in [6, 6.07) is 9.83. The largest absolute Gasteiger partial charge is 0.447 e. The molecule has 0 fully saturated rings. The molecular formula is C16H15ClN2O. The molecule has 1 aliphatic heterocycles. The van der Waals surface area contributed by atoms with E-state index in [1.807, 2.05) is 24.3 Å². The molecule has 4 heteroatoms. The van der Waals surface area contributed by atoms with E-state index in [1.54, 1.807) is 0 Å². The normalized spacial score (nSPS) is 25.7. The molecule has 1 heterocycles. The van der Waals surface area contributed by atoms with Crippen LogP contribution in [0.4, 0.5) is 0 Å². The minimum Gasteiger partial charge on any atom is -0.447 e. The second-order valence-electron chi connectivity index (χ2n) is 5.23. The van der Waals surface area contributed by atoms with Crippen molar-refractivity contribution in [1.29, 1.82) is 10.7 Å². The highest BCUT2D eigenvalue weighted by atomic mass is 35.5. The zero-order chi connectivity index (χ0) is 14.1. The number of nitrogens with zero attached hydrogens (tertiary/aromatic N) is 1. The van der Waals surface area contributed by atoms with Crippen molar-refractivity contribution in [1.82, 2.24) is 0 Å². The molecule has 2 atom stereocenters. The third kappa shape index (κ3) is 2.10. The van der Waals surface area contributed by atoms with Crippen LogP contribution < -0.4 is 0 Å². The zero-order valence-corrected chi connectivity index (χ0v) is 11.8. The van der Waals surface area contributed by atoms with Gasteiger partial charge in [0, 0.05) is 17.4 Å². The van der Waals surface area contributed by atoms with E-state index in [-0.39, 0.29) is 11.8 Å². The summed E-state index contributed by atoms with van der Waals surface area (Å²) in [5.41, 5.74) is 2.09. The molecule has 2 unspecified atom stereocenters. The molecule has 1 aromatic rings. The lowest BCUT2D eigenvalue weighted by atomic mass is 9.75. The number of benzene rings is 1. The predicted molar refractivity (Wildman–Crippen MR) is 77.6 cm³/mol. The number of nitriles is 1. The van der Waals surface area contributed by atoms with E-state index in [1.165, 1.54) is 0 Å². The van der Waals surface area contributed by atoms with Crippen LogP contribution in [0, 0.1) is 22.7 Å². The van der Waals surface area contributed by atoms with Gasteiger partial charge in [0.1, 0.15) is 11.7 Å². The van der Waals surface area contributed by atoms with E-state index in [0.29, 0.717) is 5.02 Å². The summed E-state index contributed by atoms with van der Waals surface area (Å²) in [4.78, 5) is 0. The number of hydrogen-bond donors (Lipinski definition) is 1. The predicted octanol–water partition coefficient (Wildman–Crippen LogP) is 4.40. The smallest absolute Gasteiger partial charge is 0.205 e. The van der Waals surface area contributed by atoms with Gasteiger partial charge in [0.2, 0.25) is 5.90 Å². The molecule has 1 aromatic carbocycles. The molecule has 2 aliphatic rings. The molecule has 0 radical (unpaired) electrons. The summed E-state index contributed by atoms with van der Waals surface area (Å²) in [7, 11) is 0. The summed E-state index contributed by atoms with van der Waals surface area (Å²) in [5.74, 6) is 0.229. The summed E-state index contributed by atoms with van der Waals surface area (Å²) < 4.78 is 5.58. The standard InChI is InChI=1S/C16H15ClN2O/c17-13-7-3-1-5-10(13)15-11-6-2-4-8-14(11)20-16(19)12(15)9-18/h1,3,5,7,12,15,19H,2,4,6,8H2. The van der Waals surface area contributed by atoms with E-state index in [0.717, 1.165) is 42.6 Å². The lowest BCUT2D eigenvalue weighted by Gasteiger charge is -2.35. The number of allylic oxidation sites excluding steroid dienone is 2. The topological polar surface area (TPSA) is 56.9 Å². The van der Waals surface area contributed by atoms with Crippen molar-refractivity contribution in [2.24, 2.45) is 5.92 Å². The second-order valence-corrected chi connectivity index (χ2v) is 5.63. The Bertz CT molecular complexity index is 630. The molecule has 3 nitrogen and oxygen atoms in total. The number of rotatable bonds is 1. The van der Waals surface area contributed by atoms with E-state index in [2.05, 4.69) is 6.07 Å². The first-order valence-electron chi connectivity index (χ1n) is 6.84. The van der Waals surface area contributed by atoms with Crippen LogP contribution in [0.25, 0.3) is 0 Å². The summed E-state index contributed by atoms with van der Waals surface area (Å²) in [6.07, 6.45) is 3.97. The van der Waals surface area contributed by atoms with Crippen molar-refractivity contribution in [2.75, 3.05) is 0 Å². The Balaban J connectivity index is 2.15. The quantitative estimate of drug-likeness (QED) is 0.832. The molecule has 0 spiro atoms. The van der Waals surface area contributed by atoms with Gasteiger partial charge in [-0.05, 0) is 36.5 Å². The van der Waals surface area contributed by atoms with Gasteiger partial charge in [-0.25, -0.2) is 0 Å². The maximum atomic E-state index is 9.44. The van der Waals surface area contributed by atoms with Gasteiger partial charge in [-0.2, -0.15) is 5.26 Å². The molecule has 0 bridgehead atoms. The lowest BCUT2D eigenvalue weighted by molar-refractivity contribution is 0.304. The highest BCUT2D eigenvalue weighted by molar-refractivity contribution is 6.31. The van der Waals surface area contributed by atoms with Crippen molar-refractivity contribution < 1.29 is 4.74 Å². The van der Waals surface area contributed by atoms with E-state index in [9.17, 15) is 5.26 Å². The van der Waals surface area contributed by atoms with Gasteiger partial charge < -0.3 is 4.74 Å². The minimum atomic E-state index is -0.577. The average Bonchev–Trinajstić information content (AvgIpc) is 2.46. The van der Waals surface area contributed by atoms with Gasteiger partial charge in [0.05, 0.1) is 6.07 Å². The van der Waals surface area contributed by atoms with Crippen LogP contribution in [-0.4, -0.2) is 5.90 Å². The van der Waals surface area contributed by atoms with Crippen LogP contribution in [0.5, 0.6) is 0 Å². The fourth-order valence-electron chi connectivity index (χ4n) is 3.12. The molecule has 0 saturated heterocycles. The van der Waals surface area contributed by atoms with E-state index in [4.69, 9.17) is 21.7 Å². The van der Waals surface area contributed by atoms with E-state index < -0.39 is 5.92 Å². The molecule has 0 aromatic heterocycles. The average molecular weight is 287 g/mol. The van der Waals surface area contributed by atoms with Gasteiger partial charge in [0.15, 0.2) is 0 Å². The van der Waals surface area contributed by atoms with Crippen molar-refractivity contribution in [2.45, 2.75) is 31.6 Å². The highest BCUT2D eigenvalue weighted by Gasteiger charge is 2.39. The first kappa shape index (κ1) is 13.2. The number of halogens is 1. The van der Waals surface area contributed by atoms with Crippen molar-refractivity contribution >= 4 is 17.5 Å². The molecule has 0 amide bonds. The van der Waals surface area contributed by atoms with Gasteiger partial charge in [0.25, 0.3) is 0 Å². The van der Waals surface area contributed by atoms with Gasteiger partial charge in [-0.15, -0.1) is 0 Å². The Morgan fingerprint density at radius 3 is 2.75 bits per heavy atom. The van der Waals surface area contributed by atoms with Gasteiger partial charge in [-0.3, -0.25) is 5.41 Å². The SMILES string of the molecule is N#CC1C(=N)OC2=C(CCCC2)C1c1ccccc1Cl. The monoisotopic (exact) mass is 286 g/mol. The Morgan fingerprint density at radius 2 is 2.00 bits per heavy atom. The highest BCUT2D eigenvalue weighted by Crippen LogP contribution is 2.46. The molecular weight excluding hydrogens is 272 g/mol. The van der Waals surface area contributed by atoms with Gasteiger partial charge >= 0.3 is 0 Å². The van der Waals surface area contributed by atoms with Crippen LogP contribution in [0.15, 0.2) is 35.6 Å². The first-order chi connectivity index (χ1) is 9.72. The lowest BCUT2D eigenvalue weighted by Crippen LogP contribution is -2.31. The minimum absolute atomic E-state index is 0.0538. The van der Waals surface area contributed by atoms with E-state index >= 15 is 0 Å². The number of hydrogen-bond acceptors (Lipinski definition) is 3. The Labute approximate surface area is 123 Å². The molecule has 3 rings (SSSR count). The third-order valence-corrected chi connectivity index (χ3v) is 4.41. The van der Waals surface area contributed by atoms with Gasteiger partial charge in [-0.1, -0.05) is 29.8 Å². The number of ether oxygens (including phenoxy) is 1. The van der Waals surface area contributed by atoms with Crippen molar-refractivity contribution in [3.8, 4) is 6.07 Å². The molecule has 20 heavy (non-hydrogen) atoms. The second kappa shape index (κ2) is 5.30. The molecule has 1 N–H and O–H groups in total. The van der Waals surface area contributed by atoms with Crippen LogP contribution in [0.2, 0.25) is 5.02 Å². The Kier molecular flexibility index (Phi) is 3.50. The fourth-order valence-corrected chi connectivity index (χ4v) is 3.38. The number of nitrogens with one attached hydrogen (secondary N) is 1. The van der Waals surface area contributed by atoms with Crippen LogP contribution in [0.1, 0.15) is 37.2 Å². The molecule has 102 valence electrons. The fraction of sp³-hybridized carbons (Fsp3) is 0.375. The third-order valence-electron chi connectivity index (χ3n) is 4.06. The van der Waals surface area contributed by atoms with Crippen LogP contribution in [0.3, 0.4) is 0 Å². The summed E-state index contributed by atoms with van der Waals surface area (Å²) in [6.45, 7) is 0. The molecule has 1 aliphatic carbocycles. The van der Waals surface area contributed by atoms with Crippen molar-refractivity contribution in [3.05, 3.63) is 46.2 Å². The van der Waals surface area contributed by atoms with Crippen molar-refractivity contribution in [3.63, 3.8) is 0 Å². The van der Waals surface area contributed by atoms with Crippen LogP contribution >= 0.6 is 11.6 Å². The maximum absolute atomic E-state index is 9.44. The zero-order valence-electron chi connectivity index (χ0n) is 11.0.